The number of hydrogen-bond acceptors (Lipinski definition) is 4. The molecule has 1 aromatic carbocycles. The van der Waals surface area contributed by atoms with Gasteiger partial charge >= 0.3 is 0 Å². The van der Waals surface area contributed by atoms with Crippen molar-refractivity contribution in [2.75, 3.05) is 0 Å². The van der Waals surface area contributed by atoms with Crippen LogP contribution >= 0.6 is 0 Å². The third-order valence-corrected chi connectivity index (χ3v) is 3.93. The number of benzene rings is 1. The molecule has 122 valence electrons. The summed E-state index contributed by atoms with van der Waals surface area (Å²) in [4.78, 5) is 22.8. The molecule has 1 heterocycles. The minimum atomic E-state index is -0.485. The summed E-state index contributed by atoms with van der Waals surface area (Å²) in [5, 5.41) is 15.0. The van der Waals surface area contributed by atoms with E-state index in [9.17, 15) is 14.9 Å². The summed E-state index contributed by atoms with van der Waals surface area (Å²) in [6, 6.07) is 5.59. The normalized spacial score (nSPS) is 11.0. The summed E-state index contributed by atoms with van der Waals surface area (Å²) in [5.74, 6) is 0.318. The van der Waals surface area contributed by atoms with E-state index >= 15 is 0 Å². The molecule has 0 amide bonds. The Labute approximate surface area is 135 Å². The van der Waals surface area contributed by atoms with Gasteiger partial charge < -0.3 is 0 Å². The number of aryl methyl sites for hydroxylation is 1. The molecule has 0 N–H and O–H groups in total. The van der Waals surface area contributed by atoms with Crippen LogP contribution in [0.25, 0.3) is 0 Å². The second-order valence-electron chi connectivity index (χ2n) is 6.10. The first kappa shape index (κ1) is 16.9. The quantitative estimate of drug-likeness (QED) is 0.622. The molecule has 6 nitrogen and oxygen atoms in total. The molecule has 0 radical (unpaired) electrons. The van der Waals surface area contributed by atoms with E-state index in [0.717, 1.165) is 29.8 Å². The SMILES string of the molecule is Cc1nn(C(=O)c2ccc([N+](=O)[O-])cc2)c(C)c1CCC(C)C. The van der Waals surface area contributed by atoms with Crippen LogP contribution in [-0.2, 0) is 6.42 Å². The van der Waals surface area contributed by atoms with Crippen LogP contribution in [0.4, 0.5) is 5.69 Å². The van der Waals surface area contributed by atoms with Crippen LogP contribution in [0.3, 0.4) is 0 Å². The summed E-state index contributed by atoms with van der Waals surface area (Å²) in [7, 11) is 0. The van der Waals surface area contributed by atoms with Crippen molar-refractivity contribution in [2.24, 2.45) is 5.92 Å². The molecule has 0 aliphatic rings. The van der Waals surface area contributed by atoms with Crippen molar-refractivity contribution < 1.29 is 9.72 Å². The Bertz CT molecular complexity index is 730. The van der Waals surface area contributed by atoms with Crippen molar-refractivity contribution in [3.05, 3.63) is 56.9 Å². The summed E-state index contributed by atoms with van der Waals surface area (Å²) in [6.45, 7) is 8.12. The van der Waals surface area contributed by atoms with E-state index in [4.69, 9.17) is 0 Å². The van der Waals surface area contributed by atoms with Gasteiger partial charge in [-0.1, -0.05) is 13.8 Å². The van der Waals surface area contributed by atoms with Crippen molar-refractivity contribution in [3.8, 4) is 0 Å². The first-order chi connectivity index (χ1) is 10.8. The van der Waals surface area contributed by atoms with E-state index in [1.54, 1.807) is 0 Å². The number of rotatable bonds is 5. The van der Waals surface area contributed by atoms with Gasteiger partial charge in [0.25, 0.3) is 11.6 Å². The van der Waals surface area contributed by atoms with Gasteiger partial charge in [0.15, 0.2) is 0 Å². The molecule has 0 atom stereocenters. The van der Waals surface area contributed by atoms with E-state index in [2.05, 4.69) is 18.9 Å². The maximum absolute atomic E-state index is 12.6. The van der Waals surface area contributed by atoms with Crippen LogP contribution < -0.4 is 0 Å². The third kappa shape index (κ3) is 3.64. The van der Waals surface area contributed by atoms with Crippen molar-refractivity contribution in [1.82, 2.24) is 9.78 Å². The van der Waals surface area contributed by atoms with Crippen molar-refractivity contribution in [1.29, 1.82) is 0 Å². The zero-order valence-electron chi connectivity index (χ0n) is 13.9. The van der Waals surface area contributed by atoms with Gasteiger partial charge in [-0.2, -0.15) is 5.10 Å². The lowest BCUT2D eigenvalue weighted by atomic mass is 10.0. The Kier molecular flexibility index (Phi) is 4.93. The number of aromatic nitrogens is 2. The minimum Gasteiger partial charge on any atom is -0.267 e. The van der Waals surface area contributed by atoms with E-state index in [-0.39, 0.29) is 11.6 Å². The van der Waals surface area contributed by atoms with E-state index < -0.39 is 4.92 Å². The van der Waals surface area contributed by atoms with E-state index in [0.29, 0.717) is 11.5 Å². The molecule has 0 saturated carbocycles. The molecule has 2 rings (SSSR count). The first-order valence-corrected chi connectivity index (χ1v) is 7.65. The molecule has 0 unspecified atom stereocenters. The maximum atomic E-state index is 12.6. The van der Waals surface area contributed by atoms with Crippen LogP contribution in [-0.4, -0.2) is 20.6 Å². The topological polar surface area (TPSA) is 78.0 Å². The number of carbonyl (C=O) groups excluding carboxylic acids is 1. The van der Waals surface area contributed by atoms with Crippen molar-refractivity contribution >= 4 is 11.6 Å². The Balaban J connectivity index is 2.29. The standard InChI is InChI=1S/C17H21N3O3/c1-11(2)5-10-16-12(3)18-19(13(16)4)17(21)14-6-8-15(9-7-14)20(22)23/h6-9,11H,5,10H2,1-4H3. The zero-order valence-corrected chi connectivity index (χ0v) is 13.9. The fraction of sp³-hybridized carbons (Fsp3) is 0.412. The lowest BCUT2D eigenvalue weighted by Gasteiger charge is -2.06. The predicted molar refractivity (Wildman–Crippen MR) is 87.7 cm³/mol. The van der Waals surface area contributed by atoms with Crippen LogP contribution in [0.5, 0.6) is 0 Å². The number of nitro benzene ring substituents is 1. The summed E-state index contributed by atoms with van der Waals surface area (Å²) in [6.07, 6.45) is 1.93. The molecule has 0 bridgehead atoms. The second kappa shape index (κ2) is 6.73. The molecule has 6 heteroatoms. The summed E-state index contributed by atoms with van der Waals surface area (Å²) < 4.78 is 1.40. The maximum Gasteiger partial charge on any atom is 0.278 e. The minimum absolute atomic E-state index is 0.0347. The molecular formula is C17H21N3O3. The van der Waals surface area contributed by atoms with Crippen LogP contribution in [0.2, 0.25) is 0 Å². The lowest BCUT2D eigenvalue weighted by Crippen LogP contribution is -2.15. The highest BCUT2D eigenvalue weighted by atomic mass is 16.6. The number of carbonyl (C=O) groups is 1. The van der Waals surface area contributed by atoms with Gasteiger partial charge in [0, 0.05) is 23.4 Å². The molecule has 0 fully saturated rings. The fourth-order valence-corrected chi connectivity index (χ4v) is 2.52. The van der Waals surface area contributed by atoms with Gasteiger partial charge in [0.05, 0.1) is 10.6 Å². The fourth-order valence-electron chi connectivity index (χ4n) is 2.52. The highest BCUT2D eigenvalue weighted by Gasteiger charge is 2.18. The molecule has 23 heavy (non-hydrogen) atoms. The van der Waals surface area contributed by atoms with E-state index in [1.807, 2.05) is 13.8 Å². The first-order valence-electron chi connectivity index (χ1n) is 7.65. The zero-order chi connectivity index (χ0) is 17.1. The Hall–Kier alpha value is -2.50. The largest absolute Gasteiger partial charge is 0.278 e. The van der Waals surface area contributed by atoms with Gasteiger partial charge in [-0.3, -0.25) is 14.9 Å². The highest BCUT2D eigenvalue weighted by molar-refractivity contribution is 5.96. The molecular weight excluding hydrogens is 294 g/mol. The molecule has 1 aromatic heterocycles. The van der Waals surface area contributed by atoms with Gasteiger partial charge in [-0.15, -0.1) is 0 Å². The molecule has 0 spiro atoms. The van der Waals surface area contributed by atoms with Gasteiger partial charge in [-0.05, 0) is 50.3 Å². The Morgan fingerprint density at radius 2 is 1.87 bits per heavy atom. The van der Waals surface area contributed by atoms with Crippen LogP contribution in [0.1, 0.15) is 47.6 Å². The van der Waals surface area contributed by atoms with E-state index in [1.165, 1.54) is 28.9 Å². The smallest absolute Gasteiger partial charge is 0.267 e. The molecule has 2 aromatic rings. The number of nitro groups is 1. The van der Waals surface area contributed by atoms with Crippen molar-refractivity contribution in [3.63, 3.8) is 0 Å². The summed E-state index contributed by atoms with van der Waals surface area (Å²) in [5.41, 5.74) is 3.16. The Morgan fingerprint density at radius 3 is 2.39 bits per heavy atom. The van der Waals surface area contributed by atoms with Crippen molar-refractivity contribution in [2.45, 2.75) is 40.5 Å². The monoisotopic (exact) mass is 315 g/mol. The van der Waals surface area contributed by atoms with Crippen LogP contribution in [0, 0.1) is 29.9 Å². The average Bonchev–Trinajstić information content (AvgIpc) is 2.79. The predicted octanol–water partition coefficient (Wildman–Crippen LogP) is 3.69. The van der Waals surface area contributed by atoms with Gasteiger partial charge in [0.2, 0.25) is 0 Å². The highest BCUT2D eigenvalue weighted by Crippen LogP contribution is 2.19. The second-order valence-corrected chi connectivity index (χ2v) is 6.10. The average molecular weight is 315 g/mol. The Morgan fingerprint density at radius 1 is 1.26 bits per heavy atom. The number of nitrogens with zero attached hydrogens (tertiary/aromatic N) is 3. The number of hydrogen-bond donors (Lipinski definition) is 0. The van der Waals surface area contributed by atoms with Gasteiger partial charge in [0.1, 0.15) is 0 Å². The molecule has 0 aliphatic heterocycles. The summed E-state index contributed by atoms with van der Waals surface area (Å²) >= 11 is 0. The number of non-ortho nitro benzene ring substituents is 1. The lowest BCUT2D eigenvalue weighted by molar-refractivity contribution is -0.384. The van der Waals surface area contributed by atoms with Gasteiger partial charge in [-0.25, -0.2) is 4.68 Å². The molecule has 0 aliphatic carbocycles. The third-order valence-electron chi connectivity index (χ3n) is 3.93. The molecule has 0 saturated heterocycles. The van der Waals surface area contributed by atoms with Crippen LogP contribution in [0.15, 0.2) is 24.3 Å².